The molecule has 16 nitrogen and oxygen atoms in total. The van der Waals surface area contributed by atoms with Crippen LogP contribution in [0.25, 0.3) is 27.4 Å². The molecule has 0 radical (unpaired) electrons. The number of carbonyl (C=O) groups is 4. The molecule has 0 spiro atoms. The first-order chi connectivity index (χ1) is 30.5. The van der Waals surface area contributed by atoms with E-state index in [0.717, 1.165) is 5.56 Å². The third-order valence-corrected chi connectivity index (χ3v) is 10.4. The Morgan fingerprint density at radius 1 is 0.908 bits per heavy atom. The zero-order valence-electron chi connectivity index (χ0n) is 38.1. The van der Waals surface area contributed by atoms with Crippen molar-refractivity contribution in [2.24, 2.45) is 17.8 Å². The summed E-state index contributed by atoms with van der Waals surface area (Å²) in [6.07, 6.45) is -0.729. The second-order valence-corrected chi connectivity index (χ2v) is 19.0. The van der Waals surface area contributed by atoms with Crippen molar-refractivity contribution in [2.75, 3.05) is 18.9 Å². The number of hydrogen-bond donors (Lipinski definition) is 2. The van der Waals surface area contributed by atoms with E-state index in [4.69, 9.17) is 52.0 Å². The van der Waals surface area contributed by atoms with Gasteiger partial charge >= 0.3 is 24.0 Å². The molecule has 4 rings (SSSR count). The molecule has 18 heteroatoms. The van der Waals surface area contributed by atoms with Crippen molar-refractivity contribution in [1.82, 2.24) is 15.3 Å². The second kappa shape index (κ2) is 22.5. The second-order valence-electron chi connectivity index (χ2n) is 17.6. The Hall–Kier alpha value is -6.30. The van der Waals surface area contributed by atoms with E-state index in [1.807, 2.05) is 0 Å². The predicted molar refractivity (Wildman–Crippen MR) is 245 cm³/mol. The lowest BCUT2D eigenvalue weighted by Gasteiger charge is -2.27. The monoisotopic (exact) mass is 930 g/mol. The molecule has 65 heavy (non-hydrogen) atoms. The van der Waals surface area contributed by atoms with Gasteiger partial charge in [0.1, 0.15) is 59.4 Å². The Morgan fingerprint density at radius 3 is 2.11 bits per heavy atom. The zero-order chi connectivity index (χ0) is 48.2. The lowest BCUT2D eigenvalue weighted by Crippen LogP contribution is -2.48. The minimum Gasteiger partial charge on any atom is -0.490 e. The molecule has 1 amide bonds. The first-order valence-electron chi connectivity index (χ1n) is 20.7. The molecule has 0 fully saturated rings. The maximum Gasteiger partial charge on any atom is 0.408 e. The van der Waals surface area contributed by atoms with Gasteiger partial charge in [-0.05, 0) is 95.3 Å². The van der Waals surface area contributed by atoms with Crippen LogP contribution in [0.3, 0.4) is 0 Å². The number of pyridine rings is 1. The number of rotatable bonds is 18. The van der Waals surface area contributed by atoms with Crippen LogP contribution in [0.2, 0.25) is 5.02 Å². The Balaban J connectivity index is 1.56. The molecule has 4 aromatic rings. The van der Waals surface area contributed by atoms with Gasteiger partial charge in [-0.15, -0.1) is 0 Å². The van der Waals surface area contributed by atoms with Crippen LogP contribution in [0.1, 0.15) is 86.9 Å². The largest absolute Gasteiger partial charge is 0.490 e. The van der Waals surface area contributed by atoms with Crippen molar-refractivity contribution in [3.63, 3.8) is 0 Å². The van der Waals surface area contributed by atoms with Gasteiger partial charge in [-0.1, -0.05) is 63.2 Å². The number of thioether (sulfide) groups is 1. The predicted octanol–water partition coefficient (Wildman–Crippen LogP) is 9.74. The smallest absolute Gasteiger partial charge is 0.408 e. The normalized spacial score (nSPS) is 12.9. The number of ether oxygens (including phenoxy) is 5. The Bertz CT molecular complexity index is 2390. The number of amides is 1. The summed E-state index contributed by atoms with van der Waals surface area (Å²) in [7, 11) is 0. The third kappa shape index (κ3) is 15.4. The number of nitrogens with one attached hydrogen (secondary N) is 1. The average molecular weight is 932 g/mol. The van der Waals surface area contributed by atoms with Gasteiger partial charge in [0.2, 0.25) is 11.6 Å². The van der Waals surface area contributed by atoms with Gasteiger partial charge in [0.15, 0.2) is 6.10 Å². The number of halogens is 1. The van der Waals surface area contributed by atoms with Crippen LogP contribution in [0, 0.1) is 35.7 Å². The lowest BCUT2D eigenvalue weighted by molar-refractivity contribution is -0.169. The van der Waals surface area contributed by atoms with E-state index >= 15 is 0 Å². The molecule has 3 N–H and O–H groups in total. The standard InChI is InChI=1S/C47H55ClN6O10S/c1-26(2)34(20-36(55)63-46(5,6)7)43(56)61-24-33(62-44(57)38(27(3)4)53-45(58)64-47(8,9)10)23-59-32-18-14-28(15-19-32)37-35(21-49)42(54-40(50)39(37)51-11)65-25-31-22-60-41(52-31)29-12-16-30(48)17-13-29/h12-19,22,26-27,33-34,38H,20,23-25H2,1-10H3,(H2,50,54)(H,53,58)/t33-,34+,38+/m1/s1. The minimum atomic E-state index is -1.19. The maximum atomic E-state index is 13.6. The first-order valence-corrected chi connectivity index (χ1v) is 22.1. The number of esters is 3. The van der Waals surface area contributed by atoms with Crippen LogP contribution >= 0.6 is 23.4 Å². The summed E-state index contributed by atoms with van der Waals surface area (Å²) in [5.41, 5.74) is 6.88. The van der Waals surface area contributed by atoms with Gasteiger partial charge in [-0.2, -0.15) is 5.26 Å². The molecule has 0 aliphatic heterocycles. The summed E-state index contributed by atoms with van der Waals surface area (Å²) < 4.78 is 34.0. The van der Waals surface area contributed by atoms with E-state index in [-0.39, 0.29) is 52.4 Å². The number of nitrogens with zero attached hydrogens (tertiary/aromatic N) is 4. The third-order valence-electron chi connectivity index (χ3n) is 9.17. The molecule has 346 valence electrons. The Labute approximate surface area is 388 Å². The average Bonchev–Trinajstić information content (AvgIpc) is 3.69. The molecule has 0 unspecified atom stereocenters. The van der Waals surface area contributed by atoms with Gasteiger partial charge in [0.25, 0.3) is 0 Å². The summed E-state index contributed by atoms with van der Waals surface area (Å²) in [5.74, 6) is -2.79. The number of nitrogen functional groups attached to an aromatic ring is 1. The Morgan fingerprint density at radius 2 is 1.54 bits per heavy atom. The molecule has 2 aromatic heterocycles. The quantitative estimate of drug-likeness (QED) is 0.0410. The fourth-order valence-electron chi connectivity index (χ4n) is 6.04. The number of oxazole rings is 1. The highest BCUT2D eigenvalue weighted by molar-refractivity contribution is 7.98. The van der Waals surface area contributed by atoms with Crippen LogP contribution in [-0.4, -0.2) is 70.5 Å². The molecule has 3 atom stereocenters. The molecule has 2 heterocycles. The number of nitrogens with two attached hydrogens (primary N) is 1. The van der Waals surface area contributed by atoms with Gasteiger partial charge in [-0.25, -0.2) is 24.4 Å². The van der Waals surface area contributed by atoms with Gasteiger partial charge in [0.05, 0.1) is 30.2 Å². The summed E-state index contributed by atoms with van der Waals surface area (Å²) in [5, 5.41) is 13.8. The summed E-state index contributed by atoms with van der Waals surface area (Å²) >= 11 is 7.22. The van der Waals surface area contributed by atoms with Crippen LogP contribution in [0.15, 0.2) is 64.2 Å². The van der Waals surface area contributed by atoms with Gasteiger partial charge in [-0.3, -0.25) is 9.59 Å². The number of aromatic nitrogens is 2. The number of anilines is 1. The van der Waals surface area contributed by atoms with E-state index < -0.39 is 65.8 Å². The van der Waals surface area contributed by atoms with E-state index in [2.05, 4.69) is 26.2 Å². The highest BCUT2D eigenvalue weighted by atomic mass is 35.5. The fourth-order valence-corrected chi connectivity index (χ4v) is 7.04. The fraction of sp³-hybridized carbons (Fsp3) is 0.447. The van der Waals surface area contributed by atoms with E-state index in [9.17, 15) is 24.4 Å². The molecule has 0 bridgehead atoms. The number of carbonyl (C=O) groups excluding carboxylic acids is 4. The van der Waals surface area contributed by atoms with E-state index in [1.165, 1.54) is 18.0 Å². The van der Waals surface area contributed by atoms with Crippen LogP contribution in [0.4, 0.5) is 16.3 Å². The SMILES string of the molecule is [C-]#[N+]c1c(N)nc(SCc2coc(-c3ccc(Cl)cc3)n2)c(C#N)c1-c1ccc(OC[C@H](COC(=O)[C@@H](CC(=O)OC(C)(C)C)C(C)C)OC(=O)[C@@H](NC(=O)OC(C)(C)C)C(C)C)cc1. The number of alkyl carbamates (subject to hydrolysis) is 1. The van der Waals surface area contributed by atoms with Crippen molar-refractivity contribution in [3.8, 4) is 34.4 Å². The highest BCUT2D eigenvalue weighted by Gasteiger charge is 2.33. The van der Waals surface area contributed by atoms with Crippen LogP contribution < -0.4 is 15.8 Å². The molecular weight excluding hydrogens is 876 g/mol. The van der Waals surface area contributed by atoms with Gasteiger partial charge < -0.3 is 39.2 Å². The van der Waals surface area contributed by atoms with Crippen molar-refractivity contribution >= 4 is 58.9 Å². The molecular formula is C47H55ClN6O10S. The number of hydrogen-bond acceptors (Lipinski definition) is 15. The van der Waals surface area contributed by atoms with Crippen LogP contribution in [-0.2, 0) is 39.1 Å². The van der Waals surface area contributed by atoms with Crippen molar-refractivity contribution in [1.29, 1.82) is 5.26 Å². The number of benzene rings is 2. The van der Waals surface area contributed by atoms with Crippen molar-refractivity contribution in [2.45, 2.75) is 110 Å². The van der Waals surface area contributed by atoms with E-state index in [1.54, 1.807) is 118 Å². The zero-order valence-corrected chi connectivity index (χ0v) is 39.7. The lowest BCUT2D eigenvalue weighted by atomic mass is 9.92. The van der Waals surface area contributed by atoms with E-state index in [0.29, 0.717) is 27.9 Å². The molecule has 2 aromatic carbocycles. The molecule has 0 aliphatic rings. The maximum absolute atomic E-state index is 13.6. The molecule has 0 saturated heterocycles. The van der Waals surface area contributed by atoms with Crippen LogP contribution in [0.5, 0.6) is 5.75 Å². The number of nitriles is 1. The molecule has 0 aliphatic carbocycles. The first kappa shape index (κ1) is 51.3. The van der Waals surface area contributed by atoms with Crippen molar-refractivity contribution in [3.05, 3.63) is 82.5 Å². The summed E-state index contributed by atoms with van der Waals surface area (Å²) in [6, 6.07) is 14.5. The molecule has 0 saturated carbocycles. The highest BCUT2D eigenvalue weighted by Crippen LogP contribution is 2.42. The Kier molecular flexibility index (Phi) is 17.8. The van der Waals surface area contributed by atoms with Gasteiger partial charge in [0, 0.05) is 21.9 Å². The summed E-state index contributed by atoms with van der Waals surface area (Å²) in [4.78, 5) is 64.9. The summed E-state index contributed by atoms with van der Waals surface area (Å²) in [6.45, 7) is 24.3. The topological polar surface area (TPSA) is 220 Å². The minimum absolute atomic E-state index is 0.00844. The van der Waals surface area contributed by atoms with Crippen molar-refractivity contribution < 1.29 is 47.3 Å².